The molecule has 3 aromatic rings. The highest BCUT2D eigenvalue weighted by Gasteiger charge is 2.10. The predicted molar refractivity (Wildman–Crippen MR) is 81.7 cm³/mol. The van der Waals surface area contributed by atoms with Crippen molar-refractivity contribution in [2.75, 3.05) is 17.7 Å². The average Bonchev–Trinajstić information content (AvgIpc) is 2.84. The van der Waals surface area contributed by atoms with E-state index in [9.17, 15) is 0 Å². The fraction of sp³-hybridized carbons (Fsp3) is 0.188. The van der Waals surface area contributed by atoms with Crippen molar-refractivity contribution in [3.8, 4) is 0 Å². The maximum absolute atomic E-state index is 6.02. The number of pyridine rings is 1. The summed E-state index contributed by atoms with van der Waals surface area (Å²) < 4.78 is 5.63. The summed E-state index contributed by atoms with van der Waals surface area (Å²) in [6, 6.07) is 9.88. The van der Waals surface area contributed by atoms with Crippen LogP contribution in [0.1, 0.15) is 11.5 Å². The molecule has 0 unspecified atom stereocenters. The van der Waals surface area contributed by atoms with Crippen LogP contribution in [0.15, 0.2) is 47.1 Å². The Morgan fingerprint density at radius 3 is 2.75 bits per heavy atom. The molecule has 2 aromatic heterocycles. The molecule has 0 aliphatic heterocycles. The van der Waals surface area contributed by atoms with Crippen molar-refractivity contribution < 1.29 is 4.42 Å². The summed E-state index contributed by atoms with van der Waals surface area (Å²) in [6.45, 7) is 2.66. The molecular formula is C16H17N3O. The van der Waals surface area contributed by atoms with E-state index in [1.165, 1.54) is 0 Å². The SMILES string of the molecule is Cc1ccc(CN(C)c2ccc(N)c3ccncc23)o1. The number of fused-ring (bicyclic) bond motifs is 1. The van der Waals surface area contributed by atoms with Crippen molar-refractivity contribution >= 4 is 22.1 Å². The van der Waals surface area contributed by atoms with E-state index >= 15 is 0 Å². The summed E-state index contributed by atoms with van der Waals surface area (Å²) in [4.78, 5) is 6.34. The predicted octanol–water partition coefficient (Wildman–Crippen LogP) is 3.35. The van der Waals surface area contributed by atoms with Gasteiger partial charge < -0.3 is 15.1 Å². The number of anilines is 2. The zero-order valence-electron chi connectivity index (χ0n) is 11.6. The molecule has 0 fully saturated rings. The molecule has 0 spiro atoms. The highest BCUT2D eigenvalue weighted by Crippen LogP contribution is 2.30. The molecule has 0 amide bonds. The summed E-state index contributed by atoms with van der Waals surface area (Å²) in [5, 5.41) is 2.08. The fourth-order valence-electron chi connectivity index (χ4n) is 2.42. The van der Waals surface area contributed by atoms with E-state index in [4.69, 9.17) is 10.2 Å². The lowest BCUT2D eigenvalue weighted by Crippen LogP contribution is -2.16. The lowest BCUT2D eigenvalue weighted by molar-refractivity contribution is 0.482. The minimum Gasteiger partial charge on any atom is -0.464 e. The normalized spacial score (nSPS) is 10.9. The van der Waals surface area contributed by atoms with E-state index < -0.39 is 0 Å². The third-order valence-corrected chi connectivity index (χ3v) is 3.43. The first-order valence-electron chi connectivity index (χ1n) is 6.54. The van der Waals surface area contributed by atoms with Crippen molar-refractivity contribution in [1.29, 1.82) is 0 Å². The Morgan fingerprint density at radius 2 is 2.00 bits per heavy atom. The van der Waals surface area contributed by atoms with Crippen LogP contribution >= 0.6 is 0 Å². The molecule has 20 heavy (non-hydrogen) atoms. The molecule has 3 rings (SSSR count). The highest BCUT2D eigenvalue weighted by atomic mass is 16.3. The molecule has 4 nitrogen and oxygen atoms in total. The van der Waals surface area contributed by atoms with Gasteiger partial charge in [0.05, 0.1) is 6.54 Å². The third kappa shape index (κ3) is 2.20. The molecule has 0 aliphatic carbocycles. The third-order valence-electron chi connectivity index (χ3n) is 3.43. The van der Waals surface area contributed by atoms with Gasteiger partial charge >= 0.3 is 0 Å². The number of hydrogen-bond donors (Lipinski definition) is 1. The molecule has 0 aliphatic rings. The van der Waals surface area contributed by atoms with Crippen LogP contribution in [-0.4, -0.2) is 12.0 Å². The summed E-state index contributed by atoms with van der Waals surface area (Å²) in [5.41, 5.74) is 7.88. The maximum atomic E-state index is 6.02. The number of aromatic nitrogens is 1. The second-order valence-electron chi connectivity index (χ2n) is 4.96. The van der Waals surface area contributed by atoms with Crippen molar-refractivity contribution in [2.24, 2.45) is 0 Å². The Morgan fingerprint density at radius 1 is 1.15 bits per heavy atom. The molecule has 2 heterocycles. The van der Waals surface area contributed by atoms with Crippen molar-refractivity contribution in [2.45, 2.75) is 13.5 Å². The summed E-state index contributed by atoms with van der Waals surface area (Å²) >= 11 is 0. The molecule has 0 radical (unpaired) electrons. The van der Waals surface area contributed by atoms with E-state index in [-0.39, 0.29) is 0 Å². The molecule has 102 valence electrons. The smallest absolute Gasteiger partial charge is 0.123 e. The quantitative estimate of drug-likeness (QED) is 0.739. The van der Waals surface area contributed by atoms with Crippen molar-refractivity contribution in [3.05, 3.63) is 54.2 Å². The van der Waals surface area contributed by atoms with Crippen molar-refractivity contribution in [1.82, 2.24) is 4.98 Å². The van der Waals surface area contributed by atoms with Crippen LogP contribution in [0.2, 0.25) is 0 Å². The number of nitrogen functional groups attached to an aromatic ring is 1. The van der Waals surface area contributed by atoms with Gasteiger partial charge in [-0.15, -0.1) is 0 Å². The summed E-state index contributed by atoms with van der Waals surface area (Å²) in [5.74, 6) is 1.87. The van der Waals surface area contributed by atoms with Gasteiger partial charge in [-0.25, -0.2) is 0 Å². The van der Waals surface area contributed by atoms with Gasteiger partial charge in [0.1, 0.15) is 11.5 Å². The van der Waals surface area contributed by atoms with Gasteiger partial charge in [-0.1, -0.05) is 0 Å². The number of rotatable bonds is 3. The summed E-state index contributed by atoms with van der Waals surface area (Å²) in [7, 11) is 2.04. The highest BCUT2D eigenvalue weighted by molar-refractivity contribution is 6.00. The van der Waals surface area contributed by atoms with Crippen molar-refractivity contribution in [3.63, 3.8) is 0 Å². The lowest BCUT2D eigenvalue weighted by Gasteiger charge is -2.20. The Labute approximate surface area is 117 Å². The Hall–Kier alpha value is -2.49. The van der Waals surface area contributed by atoms with Crippen LogP contribution < -0.4 is 10.6 Å². The minimum atomic E-state index is 0.710. The second-order valence-corrected chi connectivity index (χ2v) is 4.96. The number of nitrogens with zero attached hydrogens (tertiary/aromatic N) is 2. The van der Waals surface area contributed by atoms with Crippen LogP contribution in [0.5, 0.6) is 0 Å². The molecular weight excluding hydrogens is 250 g/mol. The number of nitrogens with two attached hydrogens (primary N) is 1. The lowest BCUT2D eigenvalue weighted by atomic mass is 10.1. The average molecular weight is 267 g/mol. The van der Waals surface area contributed by atoms with Crippen LogP contribution in [0.3, 0.4) is 0 Å². The molecule has 0 bridgehead atoms. The van der Waals surface area contributed by atoms with Crippen LogP contribution in [0.4, 0.5) is 11.4 Å². The van der Waals surface area contributed by atoms with Gasteiger partial charge in [0.15, 0.2) is 0 Å². The second kappa shape index (κ2) is 4.89. The van der Waals surface area contributed by atoms with Crippen LogP contribution in [0, 0.1) is 6.92 Å². The fourth-order valence-corrected chi connectivity index (χ4v) is 2.42. The zero-order chi connectivity index (χ0) is 14.1. The number of hydrogen-bond acceptors (Lipinski definition) is 4. The maximum Gasteiger partial charge on any atom is 0.123 e. The van der Waals surface area contributed by atoms with Gasteiger partial charge in [-0.2, -0.15) is 0 Å². The Bertz CT molecular complexity index is 748. The number of furan rings is 1. The molecule has 1 aromatic carbocycles. The first-order chi connectivity index (χ1) is 9.65. The number of benzene rings is 1. The van der Waals surface area contributed by atoms with Gasteiger partial charge in [0, 0.05) is 41.6 Å². The van der Waals surface area contributed by atoms with Gasteiger partial charge in [-0.05, 0) is 37.3 Å². The van der Waals surface area contributed by atoms with Gasteiger partial charge in [-0.3, -0.25) is 4.98 Å². The Kier molecular flexibility index (Phi) is 3.06. The molecule has 2 N–H and O–H groups in total. The number of aryl methyl sites for hydroxylation is 1. The summed E-state index contributed by atoms with van der Waals surface area (Å²) in [6.07, 6.45) is 3.61. The minimum absolute atomic E-state index is 0.710. The molecule has 4 heteroatoms. The zero-order valence-corrected chi connectivity index (χ0v) is 11.6. The molecule has 0 saturated carbocycles. The largest absolute Gasteiger partial charge is 0.464 e. The first kappa shape index (κ1) is 12.5. The van der Waals surface area contributed by atoms with Gasteiger partial charge in [0.25, 0.3) is 0 Å². The molecule has 0 atom stereocenters. The monoisotopic (exact) mass is 267 g/mol. The Balaban J connectivity index is 1.99. The van der Waals surface area contributed by atoms with E-state index in [1.54, 1.807) is 6.20 Å². The molecule has 0 saturated heterocycles. The van der Waals surface area contributed by atoms with E-state index in [0.717, 1.165) is 33.7 Å². The van der Waals surface area contributed by atoms with Gasteiger partial charge in [0.2, 0.25) is 0 Å². The van der Waals surface area contributed by atoms with E-state index in [2.05, 4.69) is 9.88 Å². The van der Waals surface area contributed by atoms with E-state index in [0.29, 0.717) is 6.54 Å². The van der Waals surface area contributed by atoms with E-state index in [1.807, 2.05) is 50.5 Å². The standard InChI is InChI=1S/C16H17N3O/c1-11-3-4-12(20-11)10-19(2)16-6-5-15(17)13-7-8-18-9-14(13)16/h3-9H,10,17H2,1-2H3. The van der Waals surface area contributed by atoms with Crippen LogP contribution in [-0.2, 0) is 6.54 Å². The first-order valence-corrected chi connectivity index (χ1v) is 6.54. The van der Waals surface area contributed by atoms with Crippen LogP contribution in [0.25, 0.3) is 10.8 Å². The topological polar surface area (TPSA) is 55.3 Å².